The van der Waals surface area contributed by atoms with Crippen LogP contribution in [0.5, 0.6) is 0 Å². The Kier molecular flexibility index (Phi) is 3.56. The van der Waals surface area contributed by atoms with Gasteiger partial charge in [0.2, 0.25) is 0 Å². The molecule has 0 radical (unpaired) electrons. The van der Waals surface area contributed by atoms with E-state index in [-0.39, 0.29) is 0 Å². The second-order valence-electron chi connectivity index (χ2n) is 4.05. The van der Waals surface area contributed by atoms with Gasteiger partial charge in [0.15, 0.2) is 0 Å². The summed E-state index contributed by atoms with van der Waals surface area (Å²) in [7, 11) is 0. The van der Waals surface area contributed by atoms with Gasteiger partial charge in [0.25, 0.3) is 0 Å². The Morgan fingerprint density at radius 3 is 3.14 bits per heavy atom. The van der Waals surface area contributed by atoms with Crippen LogP contribution in [0.4, 0.5) is 0 Å². The molecular weight excluding hydrogens is 192 g/mol. The van der Waals surface area contributed by atoms with E-state index in [1.807, 2.05) is 0 Å². The summed E-state index contributed by atoms with van der Waals surface area (Å²) in [5, 5.41) is 7.95. The lowest BCUT2D eigenvalue weighted by Crippen LogP contribution is -2.35. The van der Waals surface area contributed by atoms with E-state index >= 15 is 0 Å². The van der Waals surface area contributed by atoms with E-state index in [9.17, 15) is 0 Å². The van der Waals surface area contributed by atoms with E-state index < -0.39 is 0 Å². The topological polar surface area (TPSA) is 38.0 Å². The first kappa shape index (κ1) is 10.1. The van der Waals surface area contributed by atoms with Crippen molar-refractivity contribution in [3.8, 4) is 0 Å². The molecule has 14 heavy (non-hydrogen) atoms. The van der Waals surface area contributed by atoms with E-state index in [0.717, 1.165) is 13.1 Å². The van der Waals surface area contributed by atoms with Crippen molar-refractivity contribution in [1.82, 2.24) is 5.32 Å². The summed E-state index contributed by atoms with van der Waals surface area (Å²) in [6, 6.07) is 2.84. The number of nitrogens with two attached hydrogens (primary N) is 1. The summed E-state index contributed by atoms with van der Waals surface area (Å²) >= 11 is 1.76. The van der Waals surface area contributed by atoms with Crippen molar-refractivity contribution >= 4 is 11.3 Å². The van der Waals surface area contributed by atoms with Crippen molar-refractivity contribution in [3.05, 3.63) is 22.4 Å². The average Bonchev–Trinajstić information content (AvgIpc) is 2.85. The molecule has 78 valence electrons. The molecule has 2 atom stereocenters. The number of thiophene rings is 1. The van der Waals surface area contributed by atoms with Gasteiger partial charge in [-0.05, 0) is 47.7 Å². The van der Waals surface area contributed by atoms with E-state index in [1.54, 1.807) is 11.3 Å². The maximum atomic E-state index is 5.74. The summed E-state index contributed by atoms with van der Waals surface area (Å²) < 4.78 is 0. The van der Waals surface area contributed by atoms with Crippen molar-refractivity contribution in [2.24, 2.45) is 11.7 Å². The van der Waals surface area contributed by atoms with E-state index in [1.165, 1.54) is 24.8 Å². The fraction of sp³-hybridized carbons (Fsp3) is 0.636. The van der Waals surface area contributed by atoms with Crippen LogP contribution in [0.25, 0.3) is 0 Å². The molecular formula is C11H18N2S. The Morgan fingerprint density at radius 1 is 1.50 bits per heavy atom. The van der Waals surface area contributed by atoms with Crippen LogP contribution >= 0.6 is 11.3 Å². The Hall–Kier alpha value is -0.380. The maximum Gasteiger partial charge on any atom is 0.0216 e. The van der Waals surface area contributed by atoms with E-state index in [0.29, 0.717) is 12.0 Å². The van der Waals surface area contributed by atoms with Gasteiger partial charge in [-0.3, -0.25) is 0 Å². The monoisotopic (exact) mass is 210 g/mol. The third-order valence-corrected chi connectivity index (χ3v) is 3.84. The standard InChI is InChI=1S/C11H18N2S/c12-6-10-2-1-3-11(10)13-7-9-4-5-14-8-9/h4-5,8,10-11,13H,1-3,6-7,12H2. The first-order chi connectivity index (χ1) is 6.90. The molecule has 1 fully saturated rings. The molecule has 0 saturated heterocycles. The average molecular weight is 210 g/mol. The van der Waals surface area contributed by atoms with Gasteiger partial charge < -0.3 is 11.1 Å². The van der Waals surface area contributed by atoms with E-state index in [4.69, 9.17) is 5.73 Å². The SMILES string of the molecule is NCC1CCCC1NCc1ccsc1. The van der Waals surface area contributed by atoms with Crippen molar-refractivity contribution in [2.45, 2.75) is 31.8 Å². The predicted molar refractivity (Wildman–Crippen MR) is 61.3 cm³/mol. The lowest BCUT2D eigenvalue weighted by molar-refractivity contribution is 0.406. The van der Waals surface area contributed by atoms with E-state index in [2.05, 4.69) is 22.1 Å². The van der Waals surface area contributed by atoms with Gasteiger partial charge in [0.1, 0.15) is 0 Å². The van der Waals surface area contributed by atoms with Crippen LogP contribution < -0.4 is 11.1 Å². The smallest absolute Gasteiger partial charge is 0.0216 e. The highest BCUT2D eigenvalue weighted by atomic mass is 32.1. The molecule has 3 N–H and O–H groups in total. The van der Waals surface area contributed by atoms with Crippen molar-refractivity contribution in [1.29, 1.82) is 0 Å². The molecule has 0 aromatic carbocycles. The highest BCUT2D eigenvalue weighted by molar-refractivity contribution is 7.07. The van der Waals surface area contributed by atoms with Crippen LogP contribution in [-0.2, 0) is 6.54 Å². The fourth-order valence-corrected chi connectivity index (χ4v) is 2.90. The Morgan fingerprint density at radius 2 is 2.43 bits per heavy atom. The van der Waals surface area contributed by atoms with Gasteiger partial charge in [0, 0.05) is 12.6 Å². The summed E-state index contributed by atoms with van der Waals surface area (Å²) in [5.74, 6) is 0.702. The molecule has 0 amide bonds. The molecule has 1 saturated carbocycles. The number of nitrogens with one attached hydrogen (secondary N) is 1. The normalized spacial score (nSPS) is 26.9. The molecule has 1 heterocycles. The molecule has 0 aliphatic heterocycles. The van der Waals surface area contributed by atoms with Crippen LogP contribution in [0.1, 0.15) is 24.8 Å². The second kappa shape index (κ2) is 4.91. The van der Waals surface area contributed by atoms with Crippen molar-refractivity contribution in [3.63, 3.8) is 0 Å². The molecule has 0 spiro atoms. The first-order valence-electron chi connectivity index (χ1n) is 5.34. The molecule has 2 rings (SSSR count). The maximum absolute atomic E-state index is 5.74. The van der Waals surface area contributed by atoms with Crippen molar-refractivity contribution < 1.29 is 0 Å². The van der Waals surface area contributed by atoms with Gasteiger partial charge in [0.05, 0.1) is 0 Å². The fourth-order valence-electron chi connectivity index (χ4n) is 2.23. The zero-order chi connectivity index (χ0) is 9.80. The predicted octanol–water partition coefficient (Wildman–Crippen LogP) is 1.97. The third-order valence-electron chi connectivity index (χ3n) is 3.11. The van der Waals surface area contributed by atoms with Crippen LogP contribution in [-0.4, -0.2) is 12.6 Å². The van der Waals surface area contributed by atoms with Gasteiger partial charge >= 0.3 is 0 Å². The Bertz CT molecular complexity index is 258. The molecule has 1 aliphatic rings. The molecule has 1 aliphatic carbocycles. The number of hydrogen-bond donors (Lipinski definition) is 2. The minimum Gasteiger partial charge on any atom is -0.330 e. The van der Waals surface area contributed by atoms with Crippen molar-refractivity contribution in [2.75, 3.05) is 6.54 Å². The molecule has 0 bridgehead atoms. The summed E-state index contributed by atoms with van der Waals surface area (Å²) in [6.07, 6.45) is 3.94. The quantitative estimate of drug-likeness (QED) is 0.797. The first-order valence-corrected chi connectivity index (χ1v) is 6.29. The molecule has 3 heteroatoms. The van der Waals surface area contributed by atoms with Crippen LogP contribution in [0.3, 0.4) is 0 Å². The second-order valence-corrected chi connectivity index (χ2v) is 4.83. The largest absolute Gasteiger partial charge is 0.330 e. The van der Waals surface area contributed by atoms with Gasteiger partial charge in [-0.2, -0.15) is 11.3 Å². The van der Waals surface area contributed by atoms with Gasteiger partial charge in [-0.15, -0.1) is 0 Å². The number of rotatable bonds is 4. The molecule has 1 aromatic heterocycles. The third kappa shape index (κ3) is 2.35. The van der Waals surface area contributed by atoms with Gasteiger partial charge in [-0.25, -0.2) is 0 Å². The Balaban J connectivity index is 1.80. The Labute approximate surface area is 89.5 Å². The van der Waals surface area contributed by atoms with Crippen LogP contribution in [0.15, 0.2) is 16.8 Å². The minimum atomic E-state index is 0.653. The summed E-state index contributed by atoms with van der Waals surface area (Å²) in [5.41, 5.74) is 7.14. The molecule has 2 nitrogen and oxygen atoms in total. The summed E-state index contributed by atoms with van der Waals surface area (Å²) in [6.45, 7) is 1.84. The molecule has 1 aromatic rings. The van der Waals surface area contributed by atoms with Crippen LogP contribution in [0.2, 0.25) is 0 Å². The van der Waals surface area contributed by atoms with Crippen LogP contribution in [0, 0.1) is 5.92 Å². The lowest BCUT2D eigenvalue weighted by Gasteiger charge is -2.18. The minimum absolute atomic E-state index is 0.653. The zero-order valence-corrected chi connectivity index (χ0v) is 9.22. The zero-order valence-electron chi connectivity index (χ0n) is 8.41. The highest BCUT2D eigenvalue weighted by Crippen LogP contribution is 2.24. The van der Waals surface area contributed by atoms with Gasteiger partial charge in [-0.1, -0.05) is 6.42 Å². The number of hydrogen-bond acceptors (Lipinski definition) is 3. The summed E-state index contributed by atoms with van der Waals surface area (Å²) in [4.78, 5) is 0. The highest BCUT2D eigenvalue weighted by Gasteiger charge is 2.25. The lowest BCUT2D eigenvalue weighted by atomic mass is 10.0. The molecule has 2 unspecified atom stereocenters.